The van der Waals surface area contributed by atoms with E-state index < -0.39 is 17.2 Å². The molecule has 3 heteroatoms. The molecule has 0 saturated heterocycles. The highest BCUT2D eigenvalue weighted by molar-refractivity contribution is 5.22. The minimum atomic E-state index is -0.468. The van der Waals surface area contributed by atoms with Crippen molar-refractivity contribution < 1.29 is 8.78 Å². The van der Waals surface area contributed by atoms with Crippen LogP contribution < -0.4 is 5.73 Å². The fourth-order valence-electron chi connectivity index (χ4n) is 3.43. The fourth-order valence-corrected chi connectivity index (χ4v) is 3.43. The number of benzene rings is 1. The summed E-state index contributed by atoms with van der Waals surface area (Å²) in [6.45, 7) is 2.20. The summed E-state index contributed by atoms with van der Waals surface area (Å²) in [7, 11) is 0. The van der Waals surface area contributed by atoms with Crippen LogP contribution in [-0.2, 0) is 6.42 Å². The molecule has 2 N–H and O–H groups in total. The SMILES string of the molecule is CCCC1CCCC(N)(Cc2c(F)cccc2F)CC1. The van der Waals surface area contributed by atoms with Crippen LogP contribution in [0.1, 0.15) is 57.4 Å². The minimum Gasteiger partial charge on any atom is -0.325 e. The second-order valence-electron chi connectivity index (χ2n) is 6.32. The van der Waals surface area contributed by atoms with Gasteiger partial charge < -0.3 is 5.73 Å². The van der Waals surface area contributed by atoms with E-state index in [-0.39, 0.29) is 5.56 Å². The Morgan fingerprint density at radius 3 is 2.55 bits per heavy atom. The molecular weight excluding hydrogens is 256 g/mol. The first-order valence-corrected chi connectivity index (χ1v) is 7.76. The largest absolute Gasteiger partial charge is 0.325 e. The van der Waals surface area contributed by atoms with Crippen molar-refractivity contribution in [3.05, 3.63) is 35.4 Å². The minimum absolute atomic E-state index is 0.156. The van der Waals surface area contributed by atoms with Crippen LogP contribution >= 0.6 is 0 Å². The van der Waals surface area contributed by atoms with E-state index in [0.29, 0.717) is 6.42 Å². The van der Waals surface area contributed by atoms with E-state index in [1.54, 1.807) is 0 Å². The van der Waals surface area contributed by atoms with Gasteiger partial charge in [-0.15, -0.1) is 0 Å². The van der Waals surface area contributed by atoms with Crippen LogP contribution in [-0.4, -0.2) is 5.54 Å². The summed E-state index contributed by atoms with van der Waals surface area (Å²) < 4.78 is 27.6. The lowest BCUT2D eigenvalue weighted by molar-refractivity contribution is 0.346. The van der Waals surface area contributed by atoms with E-state index in [2.05, 4.69) is 6.92 Å². The quantitative estimate of drug-likeness (QED) is 0.803. The molecule has 1 aromatic carbocycles. The Morgan fingerprint density at radius 2 is 1.90 bits per heavy atom. The van der Waals surface area contributed by atoms with Crippen LogP contribution in [0.25, 0.3) is 0 Å². The lowest BCUT2D eigenvalue weighted by atomic mass is 9.84. The Kier molecular flexibility index (Phi) is 5.14. The molecule has 2 rings (SSSR count). The summed E-state index contributed by atoms with van der Waals surface area (Å²) in [5, 5.41) is 0. The zero-order valence-corrected chi connectivity index (χ0v) is 12.3. The summed E-state index contributed by atoms with van der Waals surface area (Å²) in [6.07, 6.45) is 7.83. The highest BCUT2D eigenvalue weighted by atomic mass is 19.1. The van der Waals surface area contributed by atoms with Crippen molar-refractivity contribution in [1.82, 2.24) is 0 Å². The van der Waals surface area contributed by atoms with Crippen molar-refractivity contribution in [3.63, 3.8) is 0 Å². The standard InChI is InChI=1S/C17H25F2N/c1-2-5-13-6-4-10-17(20,11-9-13)12-14-15(18)7-3-8-16(14)19/h3,7-8,13H,2,4-6,9-12,20H2,1H3. The van der Waals surface area contributed by atoms with Crippen molar-refractivity contribution >= 4 is 0 Å². The molecule has 0 amide bonds. The molecule has 0 spiro atoms. The molecule has 1 saturated carbocycles. The van der Waals surface area contributed by atoms with Crippen molar-refractivity contribution in [2.75, 3.05) is 0 Å². The molecule has 0 radical (unpaired) electrons. The van der Waals surface area contributed by atoms with Crippen LogP contribution in [0.3, 0.4) is 0 Å². The second-order valence-corrected chi connectivity index (χ2v) is 6.32. The lowest BCUT2D eigenvalue weighted by Crippen LogP contribution is -2.42. The molecule has 0 heterocycles. The Bertz CT molecular complexity index is 426. The third-order valence-electron chi connectivity index (χ3n) is 4.62. The third kappa shape index (κ3) is 3.78. The second kappa shape index (κ2) is 6.66. The first-order valence-electron chi connectivity index (χ1n) is 7.76. The predicted octanol–water partition coefficient (Wildman–Crippen LogP) is 4.59. The molecule has 1 fully saturated rings. The van der Waals surface area contributed by atoms with Gasteiger partial charge in [-0.25, -0.2) is 8.78 Å². The van der Waals surface area contributed by atoms with Gasteiger partial charge in [0.2, 0.25) is 0 Å². The number of halogens is 2. The van der Waals surface area contributed by atoms with Gasteiger partial charge in [-0.05, 0) is 43.7 Å². The summed E-state index contributed by atoms with van der Waals surface area (Å²) >= 11 is 0. The van der Waals surface area contributed by atoms with E-state index in [9.17, 15) is 8.78 Å². The lowest BCUT2D eigenvalue weighted by Gasteiger charge is -2.28. The molecule has 0 bridgehead atoms. The summed E-state index contributed by atoms with van der Waals surface area (Å²) in [5.41, 5.74) is 6.16. The predicted molar refractivity (Wildman–Crippen MR) is 78.5 cm³/mol. The maximum Gasteiger partial charge on any atom is 0.129 e. The zero-order chi connectivity index (χ0) is 14.6. The third-order valence-corrected chi connectivity index (χ3v) is 4.62. The zero-order valence-electron chi connectivity index (χ0n) is 12.3. The molecule has 1 nitrogen and oxygen atoms in total. The van der Waals surface area contributed by atoms with Gasteiger partial charge in [0, 0.05) is 11.1 Å². The molecule has 0 aliphatic heterocycles. The molecule has 1 aliphatic rings. The number of hydrogen-bond acceptors (Lipinski definition) is 1. The Morgan fingerprint density at radius 1 is 1.20 bits per heavy atom. The molecule has 2 atom stereocenters. The van der Waals surface area contributed by atoms with Crippen molar-refractivity contribution in [2.24, 2.45) is 11.7 Å². The Labute approximate surface area is 120 Å². The summed E-state index contributed by atoms with van der Waals surface area (Å²) in [5.74, 6) is -0.204. The first-order chi connectivity index (χ1) is 9.54. The first kappa shape index (κ1) is 15.4. The molecule has 0 aromatic heterocycles. The van der Waals surface area contributed by atoms with Crippen LogP contribution in [0.15, 0.2) is 18.2 Å². The molecular formula is C17H25F2N. The van der Waals surface area contributed by atoms with Gasteiger partial charge in [0.05, 0.1) is 0 Å². The van der Waals surface area contributed by atoms with Crippen LogP contribution in [0, 0.1) is 17.6 Å². The summed E-state index contributed by atoms with van der Waals surface area (Å²) in [6, 6.07) is 4.04. The Hall–Kier alpha value is -0.960. The monoisotopic (exact) mass is 281 g/mol. The maximum absolute atomic E-state index is 13.8. The molecule has 2 unspecified atom stereocenters. The number of hydrogen-bond donors (Lipinski definition) is 1. The van der Waals surface area contributed by atoms with Crippen molar-refractivity contribution in [1.29, 1.82) is 0 Å². The molecule has 1 aromatic rings. The Balaban J connectivity index is 2.07. The smallest absolute Gasteiger partial charge is 0.129 e. The van der Waals surface area contributed by atoms with E-state index in [1.165, 1.54) is 37.5 Å². The molecule has 112 valence electrons. The van der Waals surface area contributed by atoms with Gasteiger partial charge in [0.1, 0.15) is 11.6 Å². The molecule has 1 aliphatic carbocycles. The van der Waals surface area contributed by atoms with Crippen LogP contribution in [0.4, 0.5) is 8.78 Å². The van der Waals surface area contributed by atoms with Crippen molar-refractivity contribution in [2.45, 2.75) is 63.8 Å². The highest BCUT2D eigenvalue weighted by Gasteiger charge is 2.31. The van der Waals surface area contributed by atoms with E-state index >= 15 is 0 Å². The highest BCUT2D eigenvalue weighted by Crippen LogP contribution is 2.34. The van der Waals surface area contributed by atoms with Gasteiger partial charge >= 0.3 is 0 Å². The van der Waals surface area contributed by atoms with E-state index in [4.69, 9.17) is 5.73 Å². The maximum atomic E-state index is 13.8. The van der Waals surface area contributed by atoms with Crippen LogP contribution in [0.5, 0.6) is 0 Å². The van der Waals surface area contributed by atoms with Gasteiger partial charge in [-0.1, -0.05) is 38.7 Å². The van der Waals surface area contributed by atoms with Crippen LogP contribution in [0.2, 0.25) is 0 Å². The normalized spacial score (nSPS) is 27.3. The van der Waals surface area contributed by atoms with Gasteiger partial charge in [-0.3, -0.25) is 0 Å². The summed E-state index contributed by atoms with van der Waals surface area (Å²) in [4.78, 5) is 0. The number of nitrogens with two attached hydrogens (primary N) is 1. The average Bonchev–Trinajstić information content (AvgIpc) is 2.58. The van der Waals surface area contributed by atoms with E-state index in [0.717, 1.165) is 31.6 Å². The average molecular weight is 281 g/mol. The fraction of sp³-hybridized carbons (Fsp3) is 0.647. The van der Waals surface area contributed by atoms with Gasteiger partial charge in [0.25, 0.3) is 0 Å². The van der Waals surface area contributed by atoms with E-state index in [1.807, 2.05) is 0 Å². The topological polar surface area (TPSA) is 26.0 Å². The number of rotatable bonds is 4. The molecule has 20 heavy (non-hydrogen) atoms. The van der Waals surface area contributed by atoms with Gasteiger partial charge in [-0.2, -0.15) is 0 Å². The van der Waals surface area contributed by atoms with Crippen molar-refractivity contribution in [3.8, 4) is 0 Å². The van der Waals surface area contributed by atoms with Gasteiger partial charge in [0.15, 0.2) is 0 Å².